The molecular weight excluding hydrogens is 478 g/mol. The Morgan fingerprint density at radius 2 is 1.54 bits per heavy atom. The summed E-state index contributed by atoms with van der Waals surface area (Å²) in [6, 6.07) is 9.44. The molecule has 2 aliphatic heterocycles. The Kier molecular flexibility index (Phi) is 7.32. The number of nitrogens with zero attached hydrogens (tertiary/aromatic N) is 3. The van der Waals surface area contributed by atoms with Gasteiger partial charge in [-0.25, -0.2) is 0 Å². The quantitative estimate of drug-likeness (QED) is 0.441. The third-order valence-electron chi connectivity index (χ3n) is 11.7. The fourth-order valence-electron chi connectivity index (χ4n) is 9.48. The summed E-state index contributed by atoms with van der Waals surface area (Å²) < 4.78 is 0. The molecule has 0 aromatic heterocycles. The Bertz CT molecular complexity index is 1120. The maximum absolute atomic E-state index is 12.9. The lowest BCUT2D eigenvalue weighted by molar-refractivity contribution is -0.115. The Labute approximate surface area is 236 Å². The minimum Gasteiger partial charge on any atom is -0.302 e. The summed E-state index contributed by atoms with van der Waals surface area (Å²) in [5.41, 5.74) is 8.08. The van der Waals surface area contributed by atoms with Gasteiger partial charge < -0.3 is 4.90 Å². The van der Waals surface area contributed by atoms with Gasteiger partial charge >= 0.3 is 0 Å². The number of ketones is 1. The maximum atomic E-state index is 12.9. The molecule has 2 saturated heterocycles. The van der Waals surface area contributed by atoms with Crippen molar-refractivity contribution in [1.82, 2.24) is 14.7 Å². The summed E-state index contributed by atoms with van der Waals surface area (Å²) in [6.45, 7) is 13.5. The second kappa shape index (κ2) is 10.9. The highest BCUT2D eigenvalue weighted by molar-refractivity contribution is 5.94. The van der Waals surface area contributed by atoms with E-state index in [0.29, 0.717) is 17.6 Å². The van der Waals surface area contributed by atoms with Crippen LogP contribution in [0.2, 0.25) is 0 Å². The molecule has 4 atom stereocenters. The van der Waals surface area contributed by atoms with Crippen LogP contribution in [0.15, 0.2) is 47.1 Å². The number of carbonyl (C=O) groups is 1. The normalized spacial score (nSPS) is 34.1. The highest BCUT2D eigenvalue weighted by Crippen LogP contribution is 2.61. The van der Waals surface area contributed by atoms with Crippen LogP contribution in [0.3, 0.4) is 0 Å². The molecule has 0 bridgehead atoms. The number of benzene rings is 1. The maximum Gasteiger partial charge on any atom is 0.156 e. The molecule has 4 nitrogen and oxygen atoms in total. The zero-order chi connectivity index (χ0) is 26.4. The first-order chi connectivity index (χ1) is 19.1. The number of allylic oxidation sites excluding steroid dienone is 4. The lowest BCUT2D eigenvalue weighted by atomic mass is 9.56. The molecule has 4 fully saturated rings. The van der Waals surface area contributed by atoms with Gasteiger partial charge in [0.25, 0.3) is 0 Å². The summed E-state index contributed by atoms with van der Waals surface area (Å²) in [5.74, 6) is 2.25. The molecule has 0 spiro atoms. The summed E-state index contributed by atoms with van der Waals surface area (Å²) in [4.78, 5) is 20.8. The first-order valence-corrected chi connectivity index (χ1v) is 16.3. The zero-order valence-corrected chi connectivity index (χ0v) is 24.3. The third kappa shape index (κ3) is 5.22. The van der Waals surface area contributed by atoms with Crippen molar-refractivity contribution in [3.63, 3.8) is 0 Å². The lowest BCUT2D eigenvalue weighted by Gasteiger charge is -2.48. The van der Waals surface area contributed by atoms with Crippen molar-refractivity contribution in [2.24, 2.45) is 17.3 Å². The van der Waals surface area contributed by atoms with Gasteiger partial charge in [0.1, 0.15) is 0 Å². The Hall–Kier alpha value is -1.75. The van der Waals surface area contributed by atoms with E-state index in [-0.39, 0.29) is 5.92 Å². The minimum absolute atomic E-state index is 0.272. The van der Waals surface area contributed by atoms with E-state index in [9.17, 15) is 4.79 Å². The standard InChI is InChI=1S/C35H49N3O/c1-35-13-4-5-33(35)30-11-10-28-23-29(39)24-32(34(28)31(30)12-14-35)27-8-6-26(7-9-27)25-38-21-19-37(20-22-38)18-17-36-15-2-3-16-36/h6-9,23,30,32-33H,2-5,10-22,24-25H2,1H3/t30-,32?,33+,35+/m1/s1. The molecule has 0 N–H and O–H groups in total. The molecule has 2 heterocycles. The minimum atomic E-state index is 0.272. The number of fused-ring (bicyclic) bond motifs is 4. The van der Waals surface area contributed by atoms with Gasteiger partial charge in [0.05, 0.1) is 0 Å². The van der Waals surface area contributed by atoms with Crippen molar-refractivity contribution in [2.45, 2.75) is 83.6 Å². The van der Waals surface area contributed by atoms with Gasteiger partial charge in [-0.1, -0.05) is 43.2 Å². The van der Waals surface area contributed by atoms with Crippen LogP contribution in [0.25, 0.3) is 0 Å². The molecule has 1 aromatic rings. The Morgan fingerprint density at radius 3 is 2.31 bits per heavy atom. The number of piperazine rings is 1. The van der Waals surface area contributed by atoms with Crippen LogP contribution in [0.5, 0.6) is 0 Å². The van der Waals surface area contributed by atoms with Gasteiger partial charge in [-0.05, 0) is 110 Å². The van der Waals surface area contributed by atoms with Crippen molar-refractivity contribution in [1.29, 1.82) is 0 Å². The summed E-state index contributed by atoms with van der Waals surface area (Å²) in [6.07, 6.45) is 14.7. The summed E-state index contributed by atoms with van der Waals surface area (Å²) in [5, 5.41) is 0. The predicted octanol–water partition coefficient (Wildman–Crippen LogP) is 6.19. The molecule has 7 rings (SSSR count). The average Bonchev–Trinajstić information content (AvgIpc) is 3.62. The van der Waals surface area contributed by atoms with E-state index in [1.54, 1.807) is 11.1 Å². The molecule has 2 saturated carbocycles. The van der Waals surface area contributed by atoms with Crippen LogP contribution >= 0.6 is 0 Å². The van der Waals surface area contributed by atoms with Gasteiger partial charge in [0.15, 0.2) is 5.78 Å². The van der Waals surface area contributed by atoms with E-state index < -0.39 is 0 Å². The van der Waals surface area contributed by atoms with E-state index in [1.165, 1.54) is 120 Å². The Balaban J connectivity index is 1.02. The van der Waals surface area contributed by atoms with E-state index in [2.05, 4.69) is 45.9 Å². The molecule has 1 aromatic carbocycles. The molecule has 0 amide bonds. The fraction of sp³-hybridized carbons (Fsp3) is 0.686. The van der Waals surface area contributed by atoms with Crippen LogP contribution < -0.4 is 0 Å². The van der Waals surface area contributed by atoms with Crippen molar-refractivity contribution in [3.05, 3.63) is 58.2 Å². The topological polar surface area (TPSA) is 26.8 Å². The monoisotopic (exact) mass is 527 g/mol. The predicted molar refractivity (Wildman–Crippen MR) is 159 cm³/mol. The second-order valence-corrected chi connectivity index (χ2v) is 14.0. The molecule has 39 heavy (non-hydrogen) atoms. The van der Waals surface area contributed by atoms with E-state index in [4.69, 9.17) is 0 Å². The van der Waals surface area contributed by atoms with E-state index in [1.807, 2.05) is 6.08 Å². The van der Waals surface area contributed by atoms with Crippen LogP contribution in [0, 0.1) is 17.3 Å². The van der Waals surface area contributed by atoms with E-state index >= 15 is 0 Å². The first kappa shape index (κ1) is 26.2. The summed E-state index contributed by atoms with van der Waals surface area (Å²) >= 11 is 0. The van der Waals surface area contributed by atoms with Gasteiger partial charge in [0.2, 0.25) is 0 Å². The molecule has 210 valence electrons. The SMILES string of the molecule is C[C@@]12CCC[C@H]1[C@@H]1CCC3=CC(=O)CC(c4ccc(CN5CCN(CCN6CCCC6)CC5)cc4)C3=C1CC2. The van der Waals surface area contributed by atoms with Crippen molar-refractivity contribution in [3.8, 4) is 0 Å². The molecule has 1 unspecified atom stereocenters. The Morgan fingerprint density at radius 1 is 0.821 bits per heavy atom. The van der Waals surface area contributed by atoms with Crippen molar-refractivity contribution < 1.29 is 4.79 Å². The highest BCUT2D eigenvalue weighted by atomic mass is 16.1. The second-order valence-electron chi connectivity index (χ2n) is 14.0. The van der Waals surface area contributed by atoms with E-state index in [0.717, 1.165) is 24.8 Å². The number of hydrogen-bond acceptors (Lipinski definition) is 4. The van der Waals surface area contributed by atoms with Crippen LogP contribution in [-0.2, 0) is 11.3 Å². The number of rotatable bonds is 6. The highest BCUT2D eigenvalue weighted by Gasteiger charge is 2.49. The van der Waals surface area contributed by atoms with Crippen LogP contribution in [-0.4, -0.2) is 72.8 Å². The van der Waals surface area contributed by atoms with Gasteiger partial charge in [-0.15, -0.1) is 0 Å². The molecule has 0 radical (unpaired) electrons. The van der Waals surface area contributed by atoms with Gasteiger partial charge in [-0.3, -0.25) is 14.6 Å². The van der Waals surface area contributed by atoms with Gasteiger partial charge in [0, 0.05) is 58.2 Å². The molecule has 6 aliphatic rings. The number of carbonyl (C=O) groups excluding carboxylic acids is 1. The third-order valence-corrected chi connectivity index (χ3v) is 11.7. The van der Waals surface area contributed by atoms with Crippen molar-refractivity contribution >= 4 is 5.78 Å². The number of likely N-dealkylation sites (tertiary alicyclic amines) is 1. The lowest BCUT2D eigenvalue weighted by Crippen LogP contribution is -2.47. The smallest absolute Gasteiger partial charge is 0.156 e. The van der Waals surface area contributed by atoms with Crippen LogP contribution in [0.4, 0.5) is 0 Å². The molecule has 4 aliphatic carbocycles. The first-order valence-electron chi connectivity index (χ1n) is 16.3. The largest absolute Gasteiger partial charge is 0.302 e. The number of hydrogen-bond donors (Lipinski definition) is 0. The molecule has 4 heteroatoms. The van der Waals surface area contributed by atoms with Crippen molar-refractivity contribution in [2.75, 3.05) is 52.4 Å². The fourth-order valence-corrected chi connectivity index (χ4v) is 9.48. The average molecular weight is 528 g/mol. The zero-order valence-electron chi connectivity index (χ0n) is 24.3. The van der Waals surface area contributed by atoms with Crippen LogP contribution in [0.1, 0.15) is 88.2 Å². The molecular formula is C35H49N3O. The summed E-state index contributed by atoms with van der Waals surface area (Å²) in [7, 11) is 0. The van der Waals surface area contributed by atoms with Gasteiger partial charge in [-0.2, -0.15) is 0 Å².